The fourth-order valence-corrected chi connectivity index (χ4v) is 4.45. The first kappa shape index (κ1) is 20.0. The lowest BCUT2D eigenvalue weighted by Gasteiger charge is -2.27. The number of hydrogen-bond acceptors (Lipinski definition) is 8. The van der Waals surface area contributed by atoms with E-state index in [0.29, 0.717) is 60.6 Å². The number of benzene rings is 1. The van der Waals surface area contributed by atoms with Gasteiger partial charge in [-0.15, -0.1) is 0 Å². The molecule has 0 spiro atoms. The lowest BCUT2D eigenvalue weighted by Crippen LogP contribution is -2.37. The minimum absolute atomic E-state index is 0.0321. The summed E-state index contributed by atoms with van der Waals surface area (Å²) in [6.45, 7) is 2.80. The quantitative estimate of drug-likeness (QED) is 0.408. The van der Waals surface area contributed by atoms with E-state index in [2.05, 4.69) is 25.2 Å². The second-order valence-electron chi connectivity index (χ2n) is 7.53. The topological polar surface area (TPSA) is 96.8 Å². The van der Waals surface area contributed by atoms with Crippen LogP contribution in [-0.4, -0.2) is 55.8 Å². The highest BCUT2D eigenvalue weighted by atomic mass is 32.1. The van der Waals surface area contributed by atoms with Crippen molar-refractivity contribution < 1.29 is 13.5 Å². The number of H-pyrrole nitrogens is 1. The van der Waals surface area contributed by atoms with Crippen LogP contribution in [0.1, 0.15) is 5.82 Å². The van der Waals surface area contributed by atoms with Crippen LogP contribution in [-0.2, 0) is 11.3 Å². The maximum atomic E-state index is 14.1. The number of rotatable bonds is 5. The summed E-state index contributed by atoms with van der Waals surface area (Å²) >= 11 is 1.59. The Hall–Kier alpha value is -3.64. The maximum Gasteiger partial charge on any atom is 0.229 e. The van der Waals surface area contributed by atoms with Gasteiger partial charge in [-0.05, 0) is 23.6 Å². The van der Waals surface area contributed by atoms with Crippen molar-refractivity contribution in [3.05, 3.63) is 52.7 Å². The predicted molar refractivity (Wildman–Crippen MR) is 121 cm³/mol. The van der Waals surface area contributed by atoms with Gasteiger partial charge in [0.05, 0.1) is 31.0 Å². The summed E-state index contributed by atoms with van der Waals surface area (Å²) in [5.41, 5.74) is 2.64. The zero-order chi connectivity index (χ0) is 22.4. The molecule has 168 valence electrons. The molecule has 1 saturated heterocycles. The van der Waals surface area contributed by atoms with Gasteiger partial charge in [0.15, 0.2) is 28.6 Å². The average Bonchev–Trinajstić information content (AvgIpc) is 3.60. The van der Waals surface area contributed by atoms with Gasteiger partial charge in [0.25, 0.3) is 0 Å². The van der Waals surface area contributed by atoms with Gasteiger partial charge in [0.2, 0.25) is 5.95 Å². The molecule has 5 heterocycles. The molecule has 1 aliphatic heterocycles. The highest BCUT2D eigenvalue weighted by Gasteiger charge is 2.20. The molecule has 2 N–H and O–H groups in total. The minimum atomic E-state index is -0.969. The molecule has 1 aliphatic rings. The number of imidazole rings is 2. The van der Waals surface area contributed by atoms with Crippen LogP contribution >= 0.6 is 11.3 Å². The van der Waals surface area contributed by atoms with Gasteiger partial charge in [0, 0.05) is 18.5 Å². The Bertz CT molecular complexity index is 1440. The highest BCUT2D eigenvalue weighted by molar-refractivity contribution is 7.08. The van der Waals surface area contributed by atoms with E-state index in [9.17, 15) is 8.78 Å². The predicted octanol–water partition coefficient (Wildman–Crippen LogP) is 3.48. The van der Waals surface area contributed by atoms with Gasteiger partial charge < -0.3 is 19.9 Å². The van der Waals surface area contributed by atoms with Crippen LogP contribution in [0.15, 0.2) is 35.3 Å². The van der Waals surface area contributed by atoms with Crippen molar-refractivity contribution in [3.8, 4) is 5.69 Å². The molecule has 4 aromatic heterocycles. The van der Waals surface area contributed by atoms with Crippen molar-refractivity contribution in [1.82, 2.24) is 29.5 Å². The van der Waals surface area contributed by atoms with Crippen LogP contribution in [0.2, 0.25) is 0 Å². The SMILES string of the molecule is Fc1ccc2[nH]c(CNc3nc(N4CCOCC4)nc4c3ncn4-c3ccsc3)nc2c1F. The molecule has 1 aromatic carbocycles. The number of nitrogens with zero attached hydrogens (tertiary/aromatic N) is 6. The number of aromatic amines is 1. The zero-order valence-corrected chi connectivity index (χ0v) is 18.1. The second-order valence-corrected chi connectivity index (χ2v) is 8.31. The van der Waals surface area contributed by atoms with Gasteiger partial charge in [-0.1, -0.05) is 0 Å². The fourth-order valence-electron chi connectivity index (χ4n) is 3.82. The first-order chi connectivity index (χ1) is 16.2. The third-order valence-corrected chi connectivity index (χ3v) is 6.15. The molecular formula is C21H18F2N8OS. The van der Waals surface area contributed by atoms with E-state index in [1.54, 1.807) is 17.7 Å². The molecule has 0 amide bonds. The largest absolute Gasteiger partial charge is 0.378 e. The third-order valence-electron chi connectivity index (χ3n) is 5.48. The van der Waals surface area contributed by atoms with Crippen molar-refractivity contribution in [2.24, 2.45) is 0 Å². The summed E-state index contributed by atoms with van der Waals surface area (Å²) in [7, 11) is 0. The first-order valence-electron chi connectivity index (χ1n) is 10.3. The molecule has 0 aliphatic carbocycles. The van der Waals surface area contributed by atoms with Crippen LogP contribution in [0.4, 0.5) is 20.5 Å². The van der Waals surface area contributed by atoms with E-state index >= 15 is 0 Å². The molecule has 0 unspecified atom stereocenters. The van der Waals surface area contributed by atoms with Gasteiger partial charge in [0.1, 0.15) is 17.7 Å². The summed E-state index contributed by atoms with van der Waals surface area (Å²) < 4.78 is 35.0. The molecule has 0 saturated carbocycles. The van der Waals surface area contributed by atoms with E-state index < -0.39 is 11.6 Å². The summed E-state index contributed by atoms with van der Waals surface area (Å²) in [4.78, 5) is 23.3. The lowest BCUT2D eigenvalue weighted by atomic mass is 10.3. The molecule has 0 atom stereocenters. The number of thiophene rings is 1. The van der Waals surface area contributed by atoms with Gasteiger partial charge in [-0.2, -0.15) is 21.3 Å². The Balaban J connectivity index is 1.38. The number of aromatic nitrogens is 6. The highest BCUT2D eigenvalue weighted by Crippen LogP contribution is 2.27. The first-order valence-corrected chi connectivity index (χ1v) is 11.3. The van der Waals surface area contributed by atoms with E-state index in [1.807, 2.05) is 21.4 Å². The number of morpholine rings is 1. The standard InChI is InChI=1S/C21H18F2N8OS/c22-13-1-2-14-17(16(13)23)27-15(26-14)9-24-19-18-20(31(11-25-18)12-3-8-33-10-12)29-21(28-19)30-4-6-32-7-5-30/h1-3,8,10-11H,4-7,9H2,(H,26,27)(H,24,28,29). The summed E-state index contributed by atoms with van der Waals surface area (Å²) in [6.07, 6.45) is 1.72. The Morgan fingerprint density at radius 2 is 1.97 bits per heavy atom. The van der Waals surface area contributed by atoms with E-state index in [0.717, 1.165) is 11.8 Å². The molecule has 1 fully saturated rings. The number of halogens is 2. The van der Waals surface area contributed by atoms with E-state index in [-0.39, 0.29) is 12.1 Å². The summed E-state index contributed by atoms with van der Waals surface area (Å²) in [5.74, 6) is -0.347. The van der Waals surface area contributed by atoms with Gasteiger partial charge in [-0.25, -0.2) is 18.7 Å². The molecule has 5 aromatic rings. The monoisotopic (exact) mass is 468 g/mol. The molecule has 0 bridgehead atoms. The van der Waals surface area contributed by atoms with Crippen LogP contribution in [0.5, 0.6) is 0 Å². The van der Waals surface area contributed by atoms with Crippen molar-refractivity contribution in [2.45, 2.75) is 6.54 Å². The van der Waals surface area contributed by atoms with E-state index in [4.69, 9.17) is 14.7 Å². The second kappa shape index (κ2) is 8.05. The van der Waals surface area contributed by atoms with Crippen molar-refractivity contribution in [2.75, 3.05) is 36.5 Å². The van der Waals surface area contributed by atoms with Crippen molar-refractivity contribution in [1.29, 1.82) is 0 Å². The average molecular weight is 468 g/mol. The zero-order valence-electron chi connectivity index (χ0n) is 17.3. The Morgan fingerprint density at radius 3 is 2.79 bits per heavy atom. The molecular weight excluding hydrogens is 450 g/mol. The van der Waals surface area contributed by atoms with Crippen LogP contribution in [0.25, 0.3) is 27.9 Å². The Kier molecular flexibility index (Phi) is 4.88. The van der Waals surface area contributed by atoms with Crippen LogP contribution in [0, 0.1) is 11.6 Å². The maximum absolute atomic E-state index is 14.1. The number of ether oxygens (including phenoxy) is 1. The molecule has 0 radical (unpaired) electrons. The molecule has 33 heavy (non-hydrogen) atoms. The molecule has 12 heteroatoms. The van der Waals surface area contributed by atoms with Crippen LogP contribution in [0.3, 0.4) is 0 Å². The van der Waals surface area contributed by atoms with Gasteiger partial charge in [-0.3, -0.25) is 4.57 Å². The Labute approximate surface area is 190 Å². The normalized spacial score (nSPS) is 14.4. The van der Waals surface area contributed by atoms with Crippen molar-refractivity contribution >= 4 is 45.3 Å². The number of anilines is 2. The number of hydrogen-bond donors (Lipinski definition) is 2. The Morgan fingerprint density at radius 1 is 1.09 bits per heavy atom. The molecule has 9 nitrogen and oxygen atoms in total. The van der Waals surface area contributed by atoms with E-state index in [1.165, 1.54) is 6.07 Å². The summed E-state index contributed by atoms with van der Waals surface area (Å²) in [6, 6.07) is 4.54. The minimum Gasteiger partial charge on any atom is -0.378 e. The third kappa shape index (κ3) is 3.56. The molecule has 6 rings (SSSR count). The summed E-state index contributed by atoms with van der Waals surface area (Å²) in [5, 5.41) is 7.26. The number of fused-ring (bicyclic) bond motifs is 2. The smallest absolute Gasteiger partial charge is 0.229 e. The fraction of sp³-hybridized carbons (Fsp3) is 0.238. The lowest BCUT2D eigenvalue weighted by molar-refractivity contribution is 0.122. The van der Waals surface area contributed by atoms with Crippen LogP contribution < -0.4 is 10.2 Å². The van der Waals surface area contributed by atoms with Gasteiger partial charge >= 0.3 is 0 Å². The van der Waals surface area contributed by atoms with Crippen molar-refractivity contribution in [3.63, 3.8) is 0 Å². The number of nitrogens with one attached hydrogen (secondary N) is 2.